The minimum absolute atomic E-state index is 0. The predicted octanol–water partition coefficient (Wildman–Crippen LogP) is -0.948. The van der Waals surface area contributed by atoms with E-state index in [2.05, 4.69) is 27.0 Å². The maximum absolute atomic E-state index is 13.0. The van der Waals surface area contributed by atoms with Crippen molar-refractivity contribution in [1.82, 2.24) is 0 Å². The summed E-state index contributed by atoms with van der Waals surface area (Å²) in [7, 11) is -10.1. The number of carbonyl (C=O) groups excluding carboxylic acids is 2. The first-order valence-corrected chi connectivity index (χ1v) is 19.7. The number of hydrogen-bond acceptors (Lipinski definition) is 9. The van der Waals surface area contributed by atoms with Crippen LogP contribution in [0, 0.1) is 47.6 Å². The van der Waals surface area contributed by atoms with Crippen LogP contribution in [-0.4, -0.2) is 38.0 Å². The van der Waals surface area contributed by atoms with Crippen molar-refractivity contribution in [3.05, 3.63) is 105 Å². The number of fused-ring (bicyclic) bond motifs is 2. The molecule has 0 bridgehead atoms. The first-order valence-electron chi connectivity index (χ1n) is 16.9. The van der Waals surface area contributed by atoms with Gasteiger partial charge in [-0.25, -0.2) is 23.0 Å². The van der Waals surface area contributed by atoms with Crippen molar-refractivity contribution >= 4 is 71.7 Å². The number of carbonyl (C=O) groups is 2. The second-order valence-corrected chi connectivity index (χ2v) is 16.1. The first-order chi connectivity index (χ1) is 26.1. The fourth-order valence-corrected chi connectivity index (χ4v) is 8.42. The molecule has 4 amide bonds. The maximum atomic E-state index is 13.0. The van der Waals surface area contributed by atoms with Gasteiger partial charge in [-0.15, -0.1) is 6.07 Å². The molecule has 0 aromatic heterocycles. The van der Waals surface area contributed by atoms with Crippen LogP contribution in [0.5, 0.6) is 0 Å². The molecule has 2 aliphatic rings. The van der Waals surface area contributed by atoms with E-state index in [1.807, 2.05) is 19.9 Å². The monoisotopic (exact) mass is 843 g/mol. The van der Waals surface area contributed by atoms with Crippen molar-refractivity contribution in [2.24, 2.45) is 11.5 Å². The molecule has 0 atom stereocenters. The Kier molecular flexibility index (Phi) is 14.0. The molecule has 4 aromatic rings. The summed E-state index contributed by atoms with van der Waals surface area (Å²) in [4.78, 5) is 25.4. The van der Waals surface area contributed by atoms with Gasteiger partial charge in [-0.05, 0) is 87.6 Å². The standard InChI is InChI=1S/C39H37N6O9S2.2Na/c1-18-13-20(3)36(44-38(40)46)22(5)34(18)42-24-11-12-25-29(15-24)54-30-17-28(43-35-19(2)14-21(4)37(23(35)6)45-39(41)47)32(56(51,52)53)16-27(30)33(25)26-9-7-8-10-31(26)55(48,49)50;;/h7-10,12-17,42H,1-6H3,(H3,40,44,46)(H3,41,45,47)(H,48,49,50)(H,51,52,53);;/q-1;2*+1. The largest absolute Gasteiger partial charge is 1.00 e. The summed E-state index contributed by atoms with van der Waals surface area (Å²) in [5.74, 6) is 0.0261. The van der Waals surface area contributed by atoms with Gasteiger partial charge in [0.2, 0.25) is 11.0 Å². The van der Waals surface area contributed by atoms with Crippen LogP contribution in [0.2, 0.25) is 0 Å². The molecular weight excluding hydrogens is 807 g/mol. The van der Waals surface area contributed by atoms with Crippen molar-refractivity contribution in [2.45, 2.75) is 51.3 Å². The average Bonchev–Trinajstić information content (AvgIpc) is 3.09. The SMILES string of the molecule is Cc1cc(C)c(Nc2[c-]cc3c(-c4ccccc4S(=O)(=O)O)c4cc(S(=O)(=O)[O-])c(=[NH+]c5c(C)cc(C)c(NC(N)=O)c5C)cc-4oc3c2)c(C)c1NC(N)=O.[Na+].[Na+]. The minimum Gasteiger partial charge on any atom is -0.744 e. The van der Waals surface area contributed by atoms with Gasteiger partial charge in [-0.3, -0.25) is 4.55 Å². The number of nitrogens with one attached hydrogen (secondary N) is 4. The number of anilines is 4. The third-order valence-corrected chi connectivity index (χ3v) is 11.2. The molecule has 290 valence electrons. The molecule has 0 unspecified atom stereocenters. The van der Waals surface area contributed by atoms with Gasteiger partial charge >= 0.3 is 71.2 Å². The van der Waals surface area contributed by atoms with Gasteiger partial charge in [0.15, 0.2) is 0 Å². The van der Waals surface area contributed by atoms with Crippen molar-refractivity contribution < 1.29 is 104 Å². The Morgan fingerprint density at radius 1 is 0.759 bits per heavy atom. The molecule has 1 aliphatic carbocycles. The number of urea groups is 2. The van der Waals surface area contributed by atoms with Crippen LogP contribution >= 0.6 is 0 Å². The Hall–Kier alpha value is -4.27. The van der Waals surface area contributed by atoms with Crippen LogP contribution < -0.4 is 96.9 Å². The number of hydrogen-bond donors (Lipinski definition) is 7. The molecule has 4 aromatic carbocycles. The number of rotatable bonds is 8. The van der Waals surface area contributed by atoms with Gasteiger partial charge in [0.25, 0.3) is 10.1 Å². The zero-order valence-electron chi connectivity index (χ0n) is 33.0. The normalized spacial score (nSPS) is 11.8. The van der Waals surface area contributed by atoms with Crippen molar-refractivity contribution in [1.29, 1.82) is 0 Å². The number of primary amides is 2. The molecule has 0 saturated heterocycles. The van der Waals surface area contributed by atoms with E-state index in [4.69, 9.17) is 15.9 Å². The predicted molar refractivity (Wildman–Crippen MR) is 210 cm³/mol. The Labute approximate surface area is 379 Å². The minimum atomic E-state index is -5.23. The second kappa shape index (κ2) is 17.5. The molecule has 1 heterocycles. The molecule has 9 N–H and O–H groups in total. The zero-order chi connectivity index (χ0) is 41.0. The van der Waals surface area contributed by atoms with E-state index in [1.54, 1.807) is 39.8 Å². The van der Waals surface area contributed by atoms with E-state index in [1.165, 1.54) is 36.4 Å². The zero-order valence-corrected chi connectivity index (χ0v) is 38.6. The summed E-state index contributed by atoms with van der Waals surface area (Å²) >= 11 is 0. The summed E-state index contributed by atoms with van der Waals surface area (Å²) in [6, 6.07) is 16.2. The molecule has 15 nitrogen and oxygen atoms in total. The fourth-order valence-electron chi connectivity index (χ4n) is 7.08. The molecule has 1 aliphatic heterocycles. The second-order valence-electron chi connectivity index (χ2n) is 13.4. The summed E-state index contributed by atoms with van der Waals surface area (Å²) in [5.41, 5.74) is 17.6. The molecule has 0 radical (unpaired) electrons. The number of aryl methyl sites for hydroxylation is 4. The van der Waals surface area contributed by atoms with Crippen LogP contribution in [0.25, 0.3) is 33.4 Å². The Morgan fingerprint density at radius 2 is 1.33 bits per heavy atom. The maximum Gasteiger partial charge on any atom is 1.00 e. The van der Waals surface area contributed by atoms with Gasteiger partial charge in [-0.1, -0.05) is 40.9 Å². The smallest absolute Gasteiger partial charge is 0.744 e. The van der Waals surface area contributed by atoms with Crippen LogP contribution in [0.1, 0.15) is 33.4 Å². The van der Waals surface area contributed by atoms with Crippen LogP contribution in [0.4, 0.5) is 38.0 Å². The van der Waals surface area contributed by atoms with Crippen molar-refractivity contribution in [3.63, 3.8) is 0 Å². The molecule has 19 heteroatoms. The van der Waals surface area contributed by atoms with E-state index in [9.17, 15) is 35.5 Å². The number of amides is 4. The van der Waals surface area contributed by atoms with Crippen LogP contribution in [0.3, 0.4) is 0 Å². The van der Waals surface area contributed by atoms with Gasteiger partial charge in [-0.2, -0.15) is 20.6 Å². The van der Waals surface area contributed by atoms with E-state index in [0.717, 1.165) is 17.2 Å². The molecule has 0 saturated carbocycles. The number of benzene rings is 5. The molecule has 0 fully saturated rings. The third kappa shape index (κ3) is 9.29. The third-order valence-electron chi connectivity index (χ3n) is 9.42. The summed E-state index contributed by atoms with van der Waals surface area (Å²) in [5, 5.41) is 8.62. The van der Waals surface area contributed by atoms with E-state index >= 15 is 0 Å². The van der Waals surface area contributed by atoms with Gasteiger partial charge in [0.1, 0.15) is 25.7 Å². The summed E-state index contributed by atoms with van der Waals surface area (Å²) in [6.07, 6.45) is 0. The molecule has 6 rings (SSSR count). The van der Waals surface area contributed by atoms with Crippen LogP contribution in [0.15, 0.2) is 74.9 Å². The fraction of sp³-hybridized carbons (Fsp3) is 0.154. The quantitative estimate of drug-likeness (QED) is 0.0428. The van der Waals surface area contributed by atoms with Gasteiger partial charge < -0.3 is 36.4 Å². The number of nitrogens with two attached hydrogens (primary N) is 2. The molecular formula is C39H37N6Na2O9S2+. The van der Waals surface area contributed by atoms with Crippen molar-refractivity contribution in [2.75, 3.05) is 16.0 Å². The van der Waals surface area contributed by atoms with E-state index in [-0.39, 0.29) is 97.9 Å². The Bertz CT molecular complexity index is 2940. The van der Waals surface area contributed by atoms with Crippen molar-refractivity contribution in [3.8, 4) is 22.5 Å². The first kappa shape index (κ1) is 46.4. The Morgan fingerprint density at radius 3 is 1.91 bits per heavy atom. The average molecular weight is 844 g/mol. The van der Waals surface area contributed by atoms with Crippen LogP contribution in [-0.2, 0) is 20.2 Å². The summed E-state index contributed by atoms with van der Waals surface area (Å²) in [6.45, 7) is 10.7. The van der Waals surface area contributed by atoms with E-state index in [0.29, 0.717) is 50.7 Å². The Balaban J connectivity index is 0.00000372. The summed E-state index contributed by atoms with van der Waals surface area (Å²) < 4.78 is 81.0. The van der Waals surface area contributed by atoms with Gasteiger partial charge in [0, 0.05) is 28.0 Å². The van der Waals surface area contributed by atoms with E-state index < -0.39 is 42.1 Å². The molecule has 58 heavy (non-hydrogen) atoms. The van der Waals surface area contributed by atoms with Gasteiger partial charge in [0.05, 0.1) is 17.4 Å². The topological polar surface area (TPSA) is 261 Å². The molecule has 0 spiro atoms.